The van der Waals surface area contributed by atoms with Crippen molar-refractivity contribution in [2.75, 3.05) is 13.7 Å². The second-order valence-corrected chi connectivity index (χ2v) is 17.7. The van der Waals surface area contributed by atoms with Gasteiger partial charge in [0.05, 0.1) is 0 Å². The number of aromatic nitrogens is 1. The van der Waals surface area contributed by atoms with Gasteiger partial charge < -0.3 is 0 Å². The SMILES string of the molecule is CCOC(=O)c1c(CS(=O)(=O)c2ccccc2)n[c]([In]2[CH2]C=C[CH2]2)c(O)c1C(C)NC.Cl.Cl. The Bertz CT molecular complexity index is 1090. The molecule has 33 heavy (non-hydrogen) atoms. The molecule has 0 aliphatic carbocycles. The number of hydrogen-bond acceptors (Lipinski definition) is 7. The number of hydrogen-bond donors (Lipinski definition) is 2. The number of benzene rings is 1. The average Bonchev–Trinajstić information content (AvgIpc) is 3.29. The summed E-state index contributed by atoms with van der Waals surface area (Å²) in [4.78, 5) is 17.7. The topological polar surface area (TPSA) is 106 Å². The third kappa shape index (κ3) is 6.66. The van der Waals surface area contributed by atoms with Crippen molar-refractivity contribution in [2.24, 2.45) is 0 Å². The maximum atomic E-state index is 13.1. The molecule has 0 spiro atoms. The molecule has 11 heteroatoms. The predicted molar refractivity (Wildman–Crippen MR) is 135 cm³/mol. The molecule has 2 N–H and O–H groups in total. The van der Waals surface area contributed by atoms with E-state index in [9.17, 15) is 18.3 Å². The van der Waals surface area contributed by atoms with Gasteiger partial charge in [0.25, 0.3) is 0 Å². The summed E-state index contributed by atoms with van der Waals surface area (Å²) < 4.78 is 33.9. The van der Waals surface area contributed by atoms with Crippen LogP contribution in [0.5, 0.6) is 5.75 Å². The van der Waals surface area contributed by atoms with Crippen LogP contribution in [0.4, 0.5) is 0 Å². The van der Waals surface area contributed by atoms with Crippen molar-refractivity contribution in [3.63, 3.8) is 0 Å². The Balaban J connectivity index is 0.00000272. The third-order valence-corrected chi connectivity index (χ3v) is 15.3. The smallest absolute Gasteiger partial charge is 0.147 e. The standard InChI is InChI=1S/C18H21N2O5S.C4H6.2ClH.In/c1-4-25-18(22)17-14(20-10-15(21)16(17)12(2)19-3)11-26(23,24)13-8-6-5-7-9-13;1-3-4-2;;;/h5-9,12,19,21H,4,11H2,1-3H3;3-4H,1-2H2;2*1H;. The normalized spacial score (nSPS) is 13.7. The van der Waals surface area contributed by atoms with Crippen molar-refractivity contribution in [2.45, 2.75) is 38.9 Å². The van der Waals surface area contributed by atoms with E-state index in [0.717, 1.165) is 8.35 Å². The maximum Gasteiger partial charge on any atom is -0.147 e. The molecule has 7 nitrogen and oxygen atoms in total. The first kappa shape index (κ1) is 29.8. The summed E-state index contributed by atoms with van der Waals surface area (Å²) in [5, 5.41) is 14.2. The Kier molecular flexibility index (Phi) is 11.7. The molecule has 0 bridgehead atoms. The van der Waals surface area contributed by atoms with Gasteiger partial charge in [-0.05, 0) is 0 Å². The Labute approximate surface area is 215 Å². The number of nitrogens with one attached hydrogen (secondary N) is 1. The number of sulfone groups is 1. The molecule has 2 aromatic rings. The van der Waals surface area contributed by atoms with Gasteiger partial charge in [0.15, 0.2) is 0 Å². The van der Waals surface area contributed by atoms with Crippen LogP contribution in [0.25, 0.3) is 0 Å². The van der Waals surface area contributed by atoms with Crippen LogP contribution in [-0.4, -0.2) is 59.6 Å². The summed E-state index contributed by atoms with van der Waals surface area (Å²) in [7, 11) is -2.03. The number of aromatic hydroxyl groups is 1. The molecular formula is C22H29Cl2InN2O5S. The summed E-state index contributed by atoms with van der Waals surface area (Å²) in [6.07, 6.45) is 4.20. The minimum atomic E-state index is -3.75. The fourth-order valence-corrected chi connectivity index (χ4v) is 12.4. The van der Waals surface area contributed by atoms with E-state index in [1.807, 2.05) is 6.92 Å². The van der Waals surface area contributed by atoms with E-state index in [0.29, 0.717) is 9.01 Å². The zero-order valence-corrected chi connectivity index (χ0v) is 24.5. The number of esters is 1. The number of carbonyl (C=O) groups is 1. The second-order valence-electron chi connectivity index (χ2n) is 7.52. The predicted octanol–water partition coefficient (Wildman–Crippen LogP) is 3.33. The van der Waals surface area contributed by atoms with Gasteiger partial charge in [0.2, 0.25) is 0 Å². The van der Waals surface area contributed by atoms with Gasteiger partial charge in [0.1, 0.15) is 0 Å². The van der Waals surface area contributed by atoms with E-state index in [1.165, 1.54) is 12.1 Å². The van der Waals surface area contributed by atoms with Crippen molar-refractivity contribution in [1.82, 2.24) is 10.3 Å². The van der Waals surface area contributed by atoms with Crippen LogP contribution in [0, 0.1) is 0 Å². The van der Waals surface area contributed by atoms with Gasteiger partial charge in [-0.15, -0.1) is 24.8 Å². The number of allylic oxidation sites excluding steroid dienone is 2. The molecule has 1 aromatic heterocycles. The van der Waals surface area contributed by atoms with Gasteiger partial charge in [-0.2, -0.15) is 0 Å². The van der Waals surface area contributed by atoms with Crippen LogP contribution >= 0.6 is 24.8 Å². The number of halogens is 2. The minimum absolute atomic E-state index is 0. The summed E-state index contributed by atoms with van der Waals surface area (Å²) in [5.41, 5.74) is 0.560. The molecule has 2 heterocycles. The van der Waals surface area contributed by atoms with Gasteiger partial charge in [-0.1, -0.05) is 0 Å². The van der Waals surface area contributed by atoms with Crippen LogP contribution in [0.3, 0.4) is 0 Å². The van der Waals surface area contributed by atoms with Gasteiger partial charge >= 0.3 is 192 Å². The van der Waals surface area contributed by atoms with Crippen molar-refractivity contribution < 1.29 is 23.1 Å². The number of ether oxygens (including phenoxy) is 1. The van der Waals surface area contributed by atoms with Crippen LogP contribution in [-0.2, 0) is 20.3 Å². The summed E-state index contributed by atoms with van der Waals surface area (Å²) in [6.45, 7) is 3.63. The second kappa shape index (κ2) is 13.0. The molecule has 0 amide bonds. The minimum Gasteiger partial charge on any atom is -0.147 e. The zero-order valence-electron chi connectivity index (χ0n) is 18.8. The molecule has 3 rings (SSSR count). The first-order valence-corrected chi connectivity index (χ1v) is 18.3. The molecule has 0 radical (unpaired) electrons. The van der Waals surface area contributed by atoms with Gasteiger partial charge in [-0.3, -0.25) is 0 Å². The van der Waals surface area contributed by atoms with Gasteiger partial charge in [-0.25, -0.2) is 0 Å². The summed E-state index contributed by atoms with van der Waals surface area (Å²) >= 11 is -2.45. The number of carbonyl (C=O) groups excluding carboxylic acids is 1. The molecule has 1 unspecified atom stereocenters. The Hall–Kier alpha value is -1.26. The molecule has 1 atom stereocenters. The van der Waals surface area contributed by atoms with Crippen LogP contribution in [0.1, 0.15) is 41.5 Å². The van der Waals surface area contributed by atoms with E-state index in [4.69, 9.17) is 4.74 Å². The number of pyridine rings is 1. The Morgan fingerprint density at radius 3 is 2.36 bits per heavy atom. The van der Waals surface area contributed by atoms with Gasteiger partial charge in [0, 0.05) is 0 Å². The fourth-order valence-electron chi connectivity index (χ4n) is 3.78. The summed E-state index contributed by atoms with van der Waals surface area (Å²) in [5.74, 6) is -1.10. The molecule has 0 saturated heterocycles. The Morgan fingerprint density at radius 1 is 1.21 bits per heavy atom. The number of rotatable bonds is 8. The quantitative estimate of drug-likeness (QED) is 0.345. The van der Waals surface area contributed by atoms with Crippen LogP contribution < -0.4 is 8.77 Å². The van der Waals surface area contributed by atoms with E-state index >= 15 is 0 Å². The number of nitrogens with zero attached hydrogens (tertiary/aromatic N) is 1. The van der Waals surface area contributed by atoms with E-state index in [2.05, 4.69) is 22.5 Å². The van der Waals surface area contributed by atoms with Crippen molar-refractivity contribution in [1.29, 1.82) is 0 Å². The molecular weight excluding hydrogens is 590 g/mol. The molecule has 180 valence electrons. The molecule has 0 fully saturated rings. The monoisotopic (exact) mass is 618 g/mol. The Morgan fingerprint density at radius 2 is 1.82 bits per heavy atom. The average molecular weight is 619 g/mol. The van der Waals surface area contributed by atoms with Crippen LogP contribution in [0.15, 0.2) is 47.4 Å². The molecule has 1 aliphatic rings. The zero-order chi connectivity index (χ0) is 22.6. The van der Waals surface area contributed by atoms with Crippen LogP contribution in [0.2, 0.25) is 8.35 Å². The fraction of sp³-hybridized carbons (Fsp3) is 0.364. The largest absolute Gasteiger partial charge is 0.147 e. The third-order valence-electron chi connectivity index (χ3n) is 5.48. The van der Waals surface area contributed by atoms with Crippen molar-refractivity contribution in [3.05, 3.63) is 59.3 Å². The maximum absolute atomic E-state index is 13.1. The molecule has 1 aliphatic heterocycles. The first-order valence-electron chi connectivity index (χ1n) is 10.3. The van der Waals surface area contributed by atoms with Crippen molar-refractivity contribution in [3.8, 4) is 5.75 Å². The molecule has 0 saturated carbocycles. The molecule has 1 aromatic carbocycles. The van der Waals surface area contributed by atoms with E-state index in [-0.39, 0.29) is 59.4 Å². The summed E-state index contributed by atoms with van der Waals surface area (Å²) in [6, 6.07) is 7.72. The first-order chi connectivity index (χ1) is 14.8. The van der Waals surface area contributed by atoms with Crippen molar-refractivity contribution >= 4 is 65.5 Å². The van der Waals surface area contributed by atoms with E-state index < -0.39 is 43.0 Å². The van der Waals surface area contributed by atoms with E-state index in [1.54, 1.807) is 32.2 Å².